The van der Waals surface area contributed by atoms with E-state index < -0.39 is 0 Å². The van der Waals surface area contributed by atoms with Gasteiger partial charge >= 0.3 is 0 Å². The van der Waals surface area contributed by atoms with Gasteiger partial charge in [0.15, 0.2) is 0 Å². The van der Waals surface area contributed by atoms with Crippen LogP contribution in [0.1, 0.15) is 44.0 Å². The maximum atomic E-state index is 5.12. The molecule has 4 nitrogen and oxygen atoms in total. The van der Waals surface area contributed by atoms with E-state index in [1.165, 1.54) is 11.3 Å². The Bertz CT molecular complexity index is 322. The predicted octanol–water partition coefficient (Wildman–Crippen LogP) is 2.06. The van der Waals surface area contributed by atoms with Crippen molar-refractivity contribution in [2.45, 2.75) is 39.2 Å². The molecular weight excluding hydrogens is 214 g/mol. The molecule has 1 heterocycles. The second-order valence-electron chi connectivity index (χ2n) is 4.30. The highest BCUT2D eigenvalue weighted by Gasteiger charge is 2.16. The van der Waals surface area contributed by atoms with Gasteiger partial charge in [-0.05, 0) is 25.8 Å². The molecule has 1 N–H and O–H groups in total. The van der Waals surface area contributed by atoms with Crippen molar-refractivity contribution >= 4 is 0 Å². The van der Waals surface area contributed by atoms with Gasteiger partial charge in [0.05, 0.1) is 5.69 Å². The van der Waals surface area contributed by atoms with E-state index in [0.717, 1.165) is 32.4 Å². The molecule has 0 saturated carbocycles. The first-order chi connectivity index (χ1) is 8.22. The van der Waals surface area contributed by atoms with Gasteiger partial charge in [-0.1, -0.05) is 13.8 Å². The molecular formula is C13H25N3O. The molecule has 0 aliphatic heterocycles. The van der Waals surface area contributed by atoms with E-state index in [4.69, 9.17) is 4.74 Å². The maximum Gasteiger partial charge on any atom is 0.0669 e. The average molecular weight is 239 g/mol. The summed E-state index contributed by atoms with van der Waals surface area (Å²) >= 11 is 0. The van der Waals surface area contributed by atoms with Gasteiger partial charge in [-0.25, -0.2) is 0 Å². The number of aromatic nitrogens is 2. The molecule has 17 heavy (non-hydrogen) atoms. The molecule has 0 radical (unpaired) electrons. The van der Waals surface area contributed by atoms with Gasteiger partial charge in [0.25, 0.3) is 0 Å². The summed E-state index contributed by atoms with van der Waals surface area (Å²) in [5.41, 5.74) is 2.55. The minimum Gasteiger partial charge on any atom is -0.385 e. The molecule has 0 aliphatic carbocycles. The third-order valence-corrected chi connectivity index (χ3v) is 2.94. The minimum atomic E-state index is 0.402. The average Bonchev–Trinajstić information content (AvgIpc) is 2.69. The van der Waals surface area contributed by atoms with Crippen molar-refractivity contribution in [3.05, 3.63) is 17.5 Å². The van der Waals surface area contributed by atoms with E-state index in [9.17, 15) is 0 Å². The van der Waals surface area contributed by atoms with E-state index in [2.05, 4.69) is 30.5 Å². The second-order valence-corrected chi connectivity index (χ2v) is 4.30. The molecule has 0 spiro atoms. The SMILES string of the molecule is CCNC(CCCOC)c1cn(C)nc1CC. The lowest BCUT2D eigenvalue weighted by atomic mass is 10.0. The quantitative estimate of drug-likeness (QED) is 0.706. The topological polar surface area (TPSA) is 39.1 Å². The predicted molar refractivity (Wildman–Crippen MR) is 70.1 cm³/mol. The van der Waals surface area contributed by atoms with E-state index in [1.807, 2.05) is 11.7 Å². The monoisotopic (exact) mass is 239 g/mol. The Morgan fingerprint density at radius 1 is 1.47 bits per heavy atom. The zero-order valence-electron chi connectivity index (χ0n) is 11.5. The fourth-order valence-electron chi connectivity index (χ4n) is 2.16. The van der Waals surface area contributed by atoms with Crippen LogP contribution in [0.2, 0.25) is 0 Å². The van der Waals surface area contributed by atoms with Crippen LogP contribution in [-0.4, -0.2) is 30.0 Å². The zero-order chi connectivity index (χ0) is 12.7. The van der Waals surface area contributed by atoms with Gasteiger partial charge in [0.2, 0.25) is 0 Å². The number of nitrogens with zero attached hydrogens (tertiary/aromatic N) is 2. The Hall–Kier alpha value is -0.870. The van der Waals surface area contributed by atoms with Crippen LogP contribution in [0, 0.1) is 0 Å². The van der Waals surface area contributed by atoms with Crippen LogP contribution in [0.5, 0.6) is 0 Å². The van der Waals surface area contributed by atoms with E-state index in [1.54, 1.807) is 7.11 Å². The van der Waals surface area contributed by atoms with Crippen LogP contribution in [0.4, 0.5) is 0 Å². The molecule has 1 aromatic heterocycles. The van der Waals surface area contributed by atoms with Crippen molar-refractivity contribution in [2.75, 3.05) is 20.3 Å². The molecule has 0 amide bonds. The lowest BCUT2D eigenvalue weighted by Gasteiger charge is -2.17. The molecule has 1 aromatic rings. The first-order valence-corrected chi connectivity index (χ1v) is 6.47. The molecule has 0 aliphatic rings. The smallest absolute Gasteiger partial charge is 0.0669 e. The molecule has 0 saturated heterocycles. The summed E-state index contributed by atoms with van der Waals surface area (Å²) < 4.78 is 7.03. The highest BCUT2D eigenvalue weighted by molar-refractivity contribution is 5.21. The fraction of sp³-hybridized carbons (Fsp3) is 0.769. The fourth-order valence-corrected chi connectivity index (χ4v) is 2.16. The van der Waals surface area contributed by atoms with Crippen LogP contribution in [0.25, 0.3) is 0 Å². The summed E-state index contributed by atoms with van der Waals surface area (Å²) in [6.07, 6.45) is 5.30. The molecule has 0 bridgehead atoms. The summed E-state index contributed by atoms with van der Waals surface area (Å²) in [4.78, 5) is 0. The number of hydrogen-bond acceptors (Lipinski definition) is 3. The van der Waals surface area contributed by atoms with Crippen molar-refractivity contribution in [3.63, 3.8) is 0 Å². The van der Waals surface area contributed by atoms with Crippen molar-refractivity contribution in [3.8, 4) is 0 Å². The molecule has 4 heteroatoms. The van der Waals surface area contributed by atoms with E-state index in [0.29, 0.717) is 6.04 Å². The molecule has 1 unspecified atom stereocenters. The van der Waals surface area contributed by atoms with Crippen LogP contribution in [0.15, 0.2) is 6.20 Å². The summed E-state index contributed by atoms with van der Waals surface area (Å²) in [5.74, 6) is 0. The largest absolute Gasteiger partial charge is 0.385 e. The molecule has 0 aromatic carbocycles. The molecule has 1 atom stereocenters. The highest BCUT2D eigenvalue weighted by atomic mass is 16.5. The molecule has 98 valence electrons. The van der Waals surface area contributed by atoms with Gasteiger partial charge in [-0.15, -0.1) is 0 Å². The summed E-state index contributed by atoms with van der Waals surface area (Å²) in [6, 6.07) is 0.402. The minimum absolute atomic E-state index is 0.402. The lowest BCUT2D eigenvalue weighted by molar-refractivity contribution is 0.189. The third kappa shape index (κ3) is 4.13. The van der Waals surface area contributed by atoms with Crippen LogP contribution in [0.3, 0.4) is 0 Å². The lowest BCUT2D eigenvalue weighted by Crippen LogP contribution is -2.22. The van der Waals surface area contributed by atoms with Crippen molar-refractivity contribution in [1.29, 1.82) is 0 Å². The number of ether oxygens (including phenoxy) is 1. The van der Waals surface area contributed by atoms with Gasteiger partial charge in [0, 0.05) is 38.6 Å². The summed E-state index contributed by atoms with van der Waals surface area (Å²) in [6.45, 7) is 6.11. The maximum absolute atomic E-state index is 5.12. The van der Waals surface area contributed by atoms with E-state index in [-0.39, 0.29) is 0 Å². The second kappa shape index (κ2) is 7.45. The van der Waals surface area contributed by atoms with Crippen LogP contribution < -0.4 is 5.32 Å². The molecule has 1 rings (SSSR count). The normalized spacial score (nSPS) is 12.9. The Kier molecular flexibility index (Phi) is 6.22. The first kappa shape index (κ1) is 14.2. The van der Waals surface area contributed by atoms with Gasteiger partial charge in [-0.2, -0.15) is 5.10 Å². The number of nitrogens with one attached hydrogen (secondary N) is 1. The first-order valence-electron chi connectivity index (χ1n) is 6.47. The number of methoxy groups -OCH3 is 1. The third-order valence-electron chi connectivity index (χ3n) is 2.94. The van der Waals surface area contributed by atoms with Gasteiger partial charge in [-0.3, -0.25) is 4.68 Å². The van der Waals surface area contributed by atoms with Crippen LogP contribution in [-0.2, 0) is 18.2 Å². The van der Waals surface area contributed by atoms with Gasteiger partial charge < -0.3 is 10.1 Å². The number of hydrogen-bond donors (Lipinski definition) is 1. The summed E-state index contributed by atoms with van der Waals surface area (Å²) in [5, 5.41) is 8.04. The van der Waals surface area contributed by atoms with Crippen molar-refractivity contribution in [2.24, 2.45) is 7.05 Å². The Balaban J connectivity index is 2.73. The number of aryl methyl sites for hydroxylation is 2. The van der Waals surface area contributed by atoms with Crippen molar-refractivity contribution < 1.29 is 4.74 Å². The number of rotatable bonds is 8. The van der Waals surface area contributed by atoms with Crippen molar-refractivity contribution in [1.82, 2.24) is 15.1 Å². The Labute approximate surface area is 104 Å². The molecule has 0 fully saturated rings. The van der Waals surface area contributed by atoms with Gasteiger partial charge in [0.1, 0.15) is 0 Å². The van der Waals surface area contributed by atoms with Crippen LogP contribution >= 0.6 is 0 Å². The highest BCUT2D eigenvalue weighted by Crippen LogP contribution is 2.22. The van der Waals surface area contributed by atoms with E-state index >= 15 is 0 Å². The Morgan fingerprint density at radius 3 is 2.82 bits per heavy atom. The summed E-state index contributed by atoms with van der Waals surface area (Å²) in [7, 11) is 3.74. The Morgan fingerprint density at radius 2 is 2.24 bits per heavy atom. The standard InChI is InChI=1S/C13H25N3O/c1-5-12-11(10-16(3)15-12)13(14-6-2)8-7-9-17-4/h10,13-14H,5-9H2,1-4H3. The zero-order valence-corrected chi connectivity index (χ0v) is 11.5.